The number of likely N-dealkylation sites (tertiary alicyclic amines) is 2. The summed E-state index contributed by atoms with van der Waals surface area (Å²) >= 11 is 0. The number of aromatic nitrogens is 1. The van der Waals surface area contributed by atoms with Crippen LogP contribution < -0.4 is 4.74 Å². The average Bonchev–Trinajstić information content (AvgIpc) is 3.24. The monoisotopic (exact) mass is 445 g/mol. The number of nitrogens with zero attached hydrogens (tertiary/aromatic N) is 3. The number of halogens is 2. The molecule has 1 aromatic heterocycles. The van der Waals surface area contributed by atoms with Gasteiger partial charge in [0.25, 0.3) is 0 Å². The van der Waals surface area contributed by atoms with Crippen molar-refractivity contribution in [3.63, 3.8) is 0 Å². The summed E-state index contributed by atoms with van der Waals surface area (Å²) in [5.41, 5.74) is 3.89. The zero-order valence-electron chi connectivity index (χ0n) is 17.4. The second-order valence-electron chi connectivity index (χ2n) is 8.27. The quantitative estimate of drug-likeness (QED) is 0.575. The van der Waals surface area contributed by atoms with Crippen LogP contribution in [0.4, 0.5) is 0 Å². The highest BCUT2D eigenvalue weighted by Gasteiger charge is 2.45. The zero-order valence-corrected chi connectivity index (χ0v) is 19.0. The summed E-state index contributed by atoms with van der Waals surface area (Å²) in [6, 6.07) is 19.8. The molecule has 6 heteroatoms. The highest BCUT2D eigenvalue weighted by molar-refractivity contribution is 5.85. The van der Waals surface area contributed by atoms with E-state index in [1.807, 2.05) is 12.3 Å². The maximum Gasteiger partial charge on any atom is 0.118 e. The summed E-state index contributed by atoms with van der Waals surface area (Å²) in [5, 5.41) is 1.23. The summed E-state index contributed by atoms with van der Waals surface area (Å²) < 4.78 is 5.34. The molecule has 2 aromatic carbocycles. The van der Waals surface area contributed by atoms with Gasteiger partial charge in [-0.1, -0.05) is 36.4 Å². The molecule has 0 saturated carbocycles. The molecule has 0 spiro atoms. The summed E-state index contributed by atoms with van der Waals surface area (Å²) in [6.07, 6.45) is 1.90. The van der Waals surface area contributed by atoms with Crippen LogP contribution in [0, 0.1) is 11.8 Å². The largest absolute Gasteiger partial charge is 0.497 e. The van der Waals surface area contributed by atoms with Gasteiger partial charge in [-0.25, -0.2) is 0 Å². The molecule has 3 heterocycles. The normalized spacial score (nSPS) is 23.6. The molecular formula is C24H29Cl2N3O. The molecule has 4 nitrogen and oxygen atoms in total. The first kappa shape index (κ1) is 22.8. The molecule has 2 saturated heterocycles. The average molecular weight is 446 g/mol. The molecule has 0 bridgehead atoms. The highest BCUT2D eigenvalue weighted by Crippen LogP contribution is 2.44. The number of pyridine rings is 1. The third-order valence-electron chi connectivity index (χ3n) is 6.54. The van der Waals surface area contributed by atoms with Gasteiger partial charge >= 0.3 is 0 Å². The number of hydrogen-bond acceptors (Lipinski definition) is 4. The number of para-hydroxylation sites is 1. The SMILES string of the molecule is COc1ccc([C@@H]2[C@@H]3CN(Cc4cccc5cccnc45)C[C@@H]3CN2C)cc1.Cl.Cl. The Morgan fingerprint density at radius 2 is 1.73 bits per heavy atom. The van der Waals surface area contributed by atoms with Crippen LogP contribution >= 0.6 is 24.8 Å². The molecule has 2 aliphatic rings. The summed E-state index contributed by atoms with van der Waals surface area (Å²) in [5.74, 6) is 2.35. The van der Waals surface area contributed by atoms with Crippen molar-refractivity contribution in [2.75, 3.05) is 33.8 Å². The zero-order chi connectivity index (χ0) is 19.1. The lowest BCUT2D eigenvalue weighted by molar-refractivity contribution is 0.225. The first-order valence-electron chi connectivity index (χ1n) is 10.1. The van der Waals surface area contributed by atoms with Gasteiger partial charge in [0.2, 0.25) is 0 Å². The number of hydrogen-bond donors (Lipinski definition) is 0. The van der Waals surface area contributed by atoms with Gasteiger partial charge in [-0.15, -0.1) is 24.8 Å². The van der Waals surface area contributed by atoms with Gasteiger partial charge in [-0.2, -0.15) is 0 Å². The molecule has 5 rings (SSSR count). The van der Waals surface area contributed by atoms with E-state index in [-0.39, 0.29) is 24.8 Å². The Kier molecular flexibility index (Phi) is 7.25. The predicted molar refractivity (Wildman–Crippen MR) is 127 cm³/mol. The molecule has 160 valence electrons. The molecule has 3 aromatic rings. The Bertz CT molecular complexity index is 976. The van der Waals surface area contributed by atoms with Crippen LogP contribution in [0.3, 0.4) is 0 Å². The van der Waals surface area contributed by atoms with Crippen molar-refractivity contribution in [3.05, 3.63) is 71.9 Å². The first-order chi connectivity index (χ1) is 13.7. The van der Waals surface area contributed by atoms with Gasteiger partial charge in [0.1, 0.15) is 5.75 Å². The fourth-order valence-electron chi connectivity index (χ4n) is 5.32. The minimum atomic E-state index is 0. The number of ether oxygens (including phenoxy) is 1. The lowest BCUT2D eigenvalue weighted by Crippen LogP contribution is -2.29. The van der Waals surface area contributed by atoms with E-state index in [1.54, 1.807) is 7.11 Å². The molecule has 0 aliphatic carbocycles. The lowest BCUT2D eigenvalue weighted by atomic mass is 9.89. The molecule has 0 N–H and O–H groups in total. The maximum atomic E-state index is 5.34. The van der Waals surface area contributed by atoms with Crippen LogP contribution in [0.1, 0.15) is 17.2 Å². The molecule has 30 heavy (non-hydrogen) atoms. The number of methoxy groups -OCH3 is 1. The highest BCUT2D eigenvalue weighted by atomic mass is 35.5. The van der Waals surface area contributed by atoms with Crippen LogP contribution in [0.25, 0.3) is 10.9 Å². The molecule has 0 unspecified atom stereocenters. The third-order valence-corrected chi connectivity index (χ3v) is 6.54. The number of benzene rings is 2. The Morgan fingerprint density at radius 3 is 2.50 bits per heavy atom. The Labute approximate surface area is 191 Å². The maximum absolute atomic E-state index is 5.34. The molecule has 2 fully saturated rings. The van der Waals surface area contributed by atoms with E-state index in [0.29, 0.717) is 12.0 Å². The van der Waals surface area contributed by atoms with E-state index in [9.17, 15) is 0 Å². The fourth-order valence-corrected chi connectivity index (χ4v) is 5.32. The molecule has 3 atom stereocenters. The standard InChI is InChI=1S/C24H27N3O.2ClH/c1-26-13-20-15-27(14-19-6-3-5-17-7-4-12-25-23(17)19)16-22(20)24(26)18-8-10-21(28-2)11-9-18;;/h3-12,20,22,24H,13-16H2,1-2H3;2*1H/t20-,22+,24+;;/m0../s1. The molecule has 0 radical (unpaired) electrons. The van der Waals surface area contributed by atoms with Gasteiger partial charge in [0, 0.05) is 43.8 Å². The molecular weight excluding hydrogens is 417 g/mol. The number of fused-ring (bicyclic) bond motifs is 2. The van der Waals surface area contributed by atoms with Gasteiger partial charge in [-0.05, 0) is 48.2 Å². The van der Waals surface area contributed by atoms with E-state index in [2.05, 4.69) is 70.4 Å². The Balaban J connectivity index is 0.00000128. The molecule has 2 aliphatic heterocycles. The lowest BCUT2D eigenvalue weighted by Gasteiger charge is -2.27. The minimum Gasteiger partial charge on any atom is -0.497 e. The van der Waals surface area contributed by atoms with Crippen molar-refractivity contribution in [3.8, 4) is 5.75 Å². The summed E-state index contributed by atoms with van der Waals surface area (Å²) in [7, 11) is 4.00. The van der Waals surface area contributed by atoms with E-state index in [0.717, 1.165) is 30.3 Å². The van der Waals surface area contributed by atoms with Crippen molar-refractivity contribution in [1.29, 1.82) is 0 Å². The van der Waals surface area contributed by atoms with Crippen molar-refractivity contribution in [2.24, 2.45) is 11.8 Å². The van der Waals surface area contributed by atoms with Crippen molar-refractivity contribution < 1.29 is 4.74 Å². The first-order valence-corrected chi connectivity index (χ1v) is 10.1. The second kappa shape index (κ2) is 9.52. The van der Waals surface area contributed by atoms with Crippen molar-refractivity contribution in [2.45, 2.75) is 12.6 Å². The van der Waals surface area contributed by atoms with E-state index >= 15 is 0 Å². The van der Waals surface area contributed by atoms with Crippen LogP contribution in [0.5, 0.6) is 5.75 Å². The molecule has 0 amide bonds. The van der Waals surface area contributed by atoms with Crippen LogP contribution in [0.15, 0.2) is 60.8 Å². The van der Waals surface area contributed by atoms with E-state index in [4.69, 9.17) is 4.74 Å². The van der Waals surface area contributed by atoms with Gasteiger partial charge in [0.05, 0.1) is 12.6 Å². The van der Waals surface area contributed by atoms with Gasteiger partial charge < -0.3 is 4.74 Å². The van der Waals surface area contributed by atoms with E-state index < -0.39 is 0 Å². The topological polar surface area (TPSA) is 28.6 Å². The number of rotatable bonds is 4. The van der Waals surface area contributed by atoms with Crippen LogP contribution in [-0.2, 0) is 6.54 Å². The summed E-state index contributed by atoms with van der Waals surface area (Å²) in [4.78, 5) is 9.80. The third kappa shape index (κ3) is 4.15. The summed E-state index contributed by atoms with van der Waals surface area (Å²) in [6.45, 7) is 4.48. The van der Waals surface area contributed by atoms with Gasteiger partial charge in [-0.3, -0.25) is 14.8 Å². The Hall–Kier alpha value is -1.85. The van der Waals surface area contributed by atoms with Crippen LogP contribution in [0.2, 0.25) is 0 Å². The van der Waals surface area contributed by atoms with Crippen molar-refractivity contribution in [1.82, 2.24) is 14.8 Å². The Morgan fingerprint density at radius 1 is 0.967 bits per heavy atom. The predicted octanol–water partition coefficient (Wildman–Crippen LogP) is 4.82. The van der Waals surface area contributed by atoms with Crippen LogP contribution in [-0.4, -0.2) is 48.6 Å². The fraction of sp³-hybridized carbons (Fsp3) is 0.375. The smallest absolute Gasteiger partial charge is 0.118 e. The minimum absolute atomic E-state index is 0. The van der Waals surface area contributed by atoms with E-state index in [1.165, 1.54) is 29.6 Å². The van der Waals surface area contributed by atoms with Gasteiger partial charge in [0.15, 0.2) is 0 Å². The van der Waals surface area contributed by atoms with Crippen molar-refractivity contribution >= 4 is 35.7 Å². The second-order valence-corrected chi connectivity index (χ2v) is 8.27.